The van der Waals surface area contributed by atoms with Crippen LogP contribution in [0.4, 0.5) is 0 Å². The molecule has 1 saturated heterocycles. The van der Waals surface area contributed by atoms with Crippen LogP contribution in [0, 0.1) is 6.92 Å². The van der Waals surface area contributed by atoms with Crippen molar-refractivity contribution in [2.75, 3.05) is 13.1 Å². The number of piperidine rings is 1. The van der Waals surface area contributed by atoms with Crippen LogP contribution in [0.2, 0.25) is 0 Å². The van der Waals surface area contributed by atoms with Crippen LogP contribution < -0.4 is 10.5 Å². The van der Waals surface area contributed by atoms with Gasteiger partial charge in [-0.05, 0) is 18.4 Å². The predicted molar refractivity (Wildman–Crippen MR) is 82.4 cm³/mol. The van der Waals surface area contributed by atoms with Crippen LogP contribution >= 0.6 is 0 Å². The molecule has 110 valence electrons. The number of H-pyrrole nitrogens is 1. The molecule has 1 aromatic heterocycles. The number of likely N-dealkylation sites (tertiary alicyclic amines) is 1. The fourth-order valence-electron chi connectivity index (χ4n) is 3.22. The Hall–Kier alpha value is -1.94. The van der Waals surface area contributed by atoms with Crippen LogP contribution in [0.25, 0.3) is 0 Å². The van der Waals surface area contributed by atoms with Gasteiger partial charge in [-0.1, -0.05) is 30.3 Å². The van der Waals surface area contributed by atoms with Gasteiger partial charge >= 0.3 is 0 Å². The second-order valence-corrected chi connectivity index (χ2v) is 5.95. The molecule has 0 atom stereocenters. The van der Waals surface area contributed by atoms with Crippen LogP contribution in [0.15, 0.2) is 41.2 Å². The smallest absolute Gasteiger partial charge is 0.251 e. The third-order valence-corrected chi connectivity index (χ3v) is 4.30. The van der Waals surface area contributed by atoms with Gasteiger partial charge in [0.05, 0.1) is 13.1 Å². The Morgan fingerprint density at radius 3 is 2.62 bits per heavy atom. The fraction of sp³-hybridized carbons (Fsp3) is 0.412. The lowest BCUT2D eigenvalue weighted by atomic mass is 9.89. The van der Waals surface area contributed by atoms with E-state index in [-0.39, 0.29) is 5.56 Å². The second kappa shape index (κ2) is 6.22. The van der Waals surface area contributed by atoms with Gasteiger partial charge in [-0.25, -0.2) is 4.98 Å². The van der Waals surface area contributed by atoms with E-state index < -0.39 is 0 Å². The Kier molecular flexibility index (Phi) is 4.15. The van der Waals surface area contributed by atoms with Crippen molar-refractivity contribution in [2.24, 2.45) is 0 Å². The maximum Gasteiger partial charge on any atom is 0.251 e. The molecule has 1 aromatic carbocycles. The third-order valence-electron chi connectivity index (χ3n) is 4.30. The van der Waals surface area contributed by atoms with E-state index in [4.69, 9.17) is 0 Å². The van der Waals surface area contributed by atoms with Crippen LogP contribution in [-0.4, -0.2) is 23.1 Å². The number of quaternary nitrogens is 1. The van der Waals surface area contributed by atoms with Crippen LogP contribution in [0.1, 0.15) is 35.8 Å². The lowest BCUT2D eigenvalue weighted by molar-refractivity contribution is -0.919. The topological polar surface area (TPSA) is 50.2 Å². The number of hydrogen-bond donors (Lipinski definition) is 2. The van der Waals surface area contributed by atoms with Gasteiger partial charge in [0, 0.05) is 24.6 Å². The molecule has 1 fully saturated rings. The highest BCUT2D eigenvalue weighted by molar-refractivity contribution is 5.19. The molecule has 0 bridgehead atoms. The van der Waals surface area contributed by atoms with E-state index in [1.807, 2.05) is 6.92 Å². The number of aryl methyl sites for hydroxylation is 1. The van der Waals surface area contributed by atoms with E-state index in [2.05, 4.69) is 40.3 Å². The van der Waals surface area contributed by atoms with E-state index in [9.17, 15) is 4.79 Å². The minimum atomic E-state index is -0.0453. The number of nitrogens with one attached hydrogen (secondary N) is 2. The normalized spacial score (nSPS) is 22.1. The van der Waals surface area contributed by atoms with E-state index >= 15 is 0 Å². The SMILES string of the molecule is Cc1cc(=O)[nH]c(C[NH+]2CCC(c3ccccc3)CC2)n1. The zero-order valence-corrected chi connectivity index (χ0v) is 12.4. The summed E-state index contributed by atoms with van der Waals surface area (Å²) in [7, 11) is 0. The van der Waals surface area contributed by atoms with Crippen molar-refractivity contribution in [1.29, 1.82) is 0 Å². The Morgan fingerprint density at radius 1 is 1.24 bits per heavy atom. The van der Waals surface area contributed by atoms with Crippen LogP contribution in [0.5, 0.6) is 0 Å². The monoisotopic (exact) mass is 284 g/mol. The molecular formula is C17H22N3O+. The number of aromatic amines is 1. The first-order valence-electron chi connectivity index (χ1n) is 7.66. The van der Waals surface area contributed by atoms with E-state index in [0.717, 1.165) is 31.2 Å². The first kappa shape index (κ1) is 14.0. The molecule has 3 rings (SSSR count). The third kappa shape index (κ3) is 3.58. The summed E-state index contributed by atoms with van der Waals surface area (Å²) in [5.74, 6) is 1.49. The summed E-state index contributed by atoms with van der Waals surface area (Å²) in [6, 6.07) is 12.3. The summed E-state index contributed by atoms with van der Waals surface area (Å²) in [6.07, 6.45) is 2.41. The minimum Gasteiger partial charge on any atom is -0.329 e. The largest absolute Gasteiger partial charge is 0.329 e. The Morgan fingerprint density at radius 2 is 1.95 bits per heavy atom. The van der Waals surface area contributed by atoms with Gasteiger partial charge in [0.25, 0.3) is 5.56 Å². The predicted octanol–water partition coefficient (Wildman–Crippen LogP) is 1.04. The van der Waals surface area contributed by atoms with Crippen molar-refractivity contribution in [3.05, 3.63) is 63.8 Å². The number of aromatic nitrogens is 2. The molecule has 1 aliphatic rings. The maximum absolute atomic E-state index is 11.5. The van der Waals surface area contributed by atoms with Crippen molar-refractivity contribution in [1.82, 2.24) is 9.97 Å². The summed E-state index contributed by atoms with van der Waals surface area (Å²) in [5, 5.41) is 0. The number of rotatable bonds is 3. The summed E-state index contributed by atoms with van der Waals surface area (Å²) in [4.78, 5) is 20.3. The number of nitrogens with zero attached hydrogens (tertiary/aromatic N) is 1. The maximum atomic E-state index is 11.5. The Bertz CT molecular complexity index is 643. The van der Waals surface area contributed by atoms with Gasteiger partial charge in [-0.2, -0.15) is 0 Å². The lowest BCUT2D eigenvalue weighted by Gasteiger charge is -2.29. The highest BCUT2D eigenvalue weighted by Gasteiger charge is 2.23. The van der Waals surface area contributed by atoms with Gasteiger partial charge in [0.15, 0.2) is 5.82 Å². The molecule has 2 aromatic rings. The van der Waals surface area contributed by atoms with Gasteiger partial charge in [-0.15, -0.1) is 0 Å². The molecule has 21 heavy (non-hydrogen) atoms. The number of benzene rings is 1. The summed E-state index contributed by atoms with van der Waals surface area (Å²) >= 11 is 0. The average Bonchev–Trinajstić information content (AvgIpc) is 2.48. The lowest BCUT2D eigenvalue weighted by Crippen LogP contribution is -3.11. The molecule has 0 radical (unpaired) electrons. The standard InChI is InChI=1S/C17H21N3O/c1-13-11-17(21)19-16(18-13)12-20-9-7-15(8-10-20)14-5-3-2-4-6-14/h2-6,11,15H,7-10,12H2,1H3,(H,18,19,21)/p+1. The second-order valence-electron chi connectivity index (χ2n) is 5.95. The molecule has 0 saturated carbocycles. The highest BCUT2D eigenvalue weighted by atomic mass is 16.1. The zero-order chi connectivity index (χ0) is 14.7. The number of hydrogen-bond acceptors (Lipinski definition) is 2. The van der Waals surface area contributed by atoms with Crippen molar-refractivity contribution >= 4 is 0 Å². The molecule has 2 N–H and O–H groups in total. The average molecular weight is 284 g/mol. The molecular weight excluding hydrogens is 262 g/mol. The fourth-order valence-corrected chi connectivity index (χ4v) is 3.22. The van der Waals surface area contributed by atoms with Gasteiger partial charge < -0.3 is 9.88 Å². The van der Waals surface area contributed by atoms with Gasteiger partial charge in [0.2, 0.25) is 0 Å². The van der Waals surface area contributed by atoms with Crippen molar-refractivity contribution in [3.63, 3.8) is 0 Å². The summed E-state index contributed by atoms with van der Waals surface area (Å²) in [6.45, 7) is 4.96. The Labute approximate surface area is 124 Å². The van der Waals surface area contributed by atoms with Crippen LogP contribution in [-0.2, 0) is 6.54 Å². The molecule has 4 nitrogen and oxygen atoms in total. The Balaban J connectivity index is 1.60. The molecule has 0 amide bonds. The van der Waals surface area contributed by atoms with Crippen molar-refractivity contribution in [2.45, 2.75) is 32.2 Å². The zero-order valence-electron chi connectivity index (χ0n) is 12.4. The van der Waals surface area contributed by atoms with Gasteiger partial charge in [0.1, 0.15) is 6.54 Å². The highest BCUT2D eigenvalue weighted by Crippen LogP contribution is 2.23. The molecule has 0 spiro atoms. The van der Waals surface area contributed by atoms with E-state index in [1.165, 1.54) is 23.3 Å². The molecule has 4 heteroatoms. The van der Waals surface area contributed by atoms with E-state index in [0.29, 0.717) is 5.92 Å². The van der Waals surface area contributed by atoms with E-state index in [1.54, 1.807) is 6.07 Å². The quantitative estimate of drug-likeness (QED) is 0.885. The molecule has 2 heterocycles. The summed E-state index contributed by atoms with van der Waals surface area (Å²) < 4.78 is 0. The minimum absolute atomic E-state index is 0.0453. The molecule has 1 aliphatic heterocycles. The van der Waals surface area contributed by atoms with Gasteiger partial charge in [-0.3, -0.25) is 4.79 Å². The van der Waals surface area contributed by atoms with Crippen LogP contribution in [0.3, 0.4) is 0 Å². The molecule has 0 aliphatic carbocycles. The van der Waals surface area contributed by atoms with Crippen molar-refractivity contribution in [3.8, 4) is 0 Å². The first-order valence-corrected chi connectivity index (χ1v) is 7.66. The molecule has 0 unspecified atom stereocenters. The first-order chi connectivity index (χ1) is 10.2. The van der Waals surface area contributed by atoms with Crippen molar-refractivity contribution < 1.29 is 4.90 Å². The summed E-state index contributed by atoms with van der Waals surface area (Å²) in [5.41, 5.74) is 2.21.